The highest BCUT2D eigenvalue weighted by atomic mass is 32.2. The van der Waals surface area contributed by atoms with Crippen molar-refractivity contribution >= 4 is 21.6 Å². The Kier molecular flexibility index (Phi) is 8.35. The molecular weight excluding hydrogens is 515 g/mol. The van der Waals surface area contributed by atoms with Crippen LogP contribution in [0.15, 0.2) is 66.0 Å². The Labute approximate surface area is 218 Å². The third-order valence-electron chi connectivity index (χ3n) is 5.60. The van der Waals surface area contributed by atoms with Crippen LogP contribution >= 0.6 is 0 Å². The SMILES string of the molecule is CNS(=O)(=O)c1cccc(F)c1CNC(=O)c1cccc(NCc2nnc(-c3ccncn3)n2CCO)c1. The fraction of sp³-hybridized carbons (Fsp3) is 0.208. The number of rotatable bonds is 11. The Bertz CT molecular complexity index is 1530. The number of hydrogen-bond donors (Lipinski definition) is 4. The lowest BCUT2D eigenvalue weighted by Gasteiger charge is -2.13. The number of benzene rings is 2. The number of amides is 1. The van der Waals surface area contributed by atoms with Crippen LogP contribution in [0.4, 0.5) is 10.1 Å². The summed E-state index contributed by atoms with van der Waals surface area (Å²) in [6, 6.07) is 12.0. The highest BCUT2D eigenvalue weighted by molar-refractivity contribution is 7.89. The molecule has 38 heavy (non-hydrogen) atoms. The molecule has 0 saturated carbocycles. The summed E-state index contributed by atoms with van der Waals surface area (Å²) in [6.07, 6.45) is 2.98. The minimum atomic E-state index is -3.92. The van der Waals surface area contributed by atoms with Crippen molar-refractivity contribution in [3.63, 3.8) is 0 Å². The second kappa shape index (κ2) is 11.9. The number of aromatic nitrogens is 5. The van der Waals surface area contributed by atoms with Crippen LogP contribution in [0.2, 0.25) is 0 Å². The van der Waals surface area contributed by atoms with Gasteiger partial charge >= 0.3 is 0 Å². The lowest BCUT2D eigenvalue weighted by Crippen LogP contribution is -2.26. The minimum absolute atomic E-state index is 0.127. The van der Waals surface area contributed by atoms with Crippen LogP contribution in [-0.2, 0) is 29.7 Å². The highest BCUT2D eigenvalue weighted by Gasteiger charge is 2.20. The first kappa shape index (κ1) is 26.8. The number of hydrogen-bond acceptors (Lipinski definition) is 9. The molecule has 2 aromatic heterocycles. The van der Waals surface area contributed by atoms with Gasteiger partial charge in [-0.25, -0.2) is 27.5 Å². The maximum Gasteiger partial charge on any atom is 0.251 e. The van der Waals surface area contributed by atoms with Gasteiger partial charge in [0, 0.05) is 36.1 Å². The van der Waals surface area contributed by atoms with Gasteiger partial charge in [0.1, 0.15) is 17.8 Å². The van der Waals surface area contributed by atoms with E-state index in [2.05, 4.69) is 35.5 Å². The van der Waals surface area contributed by atoms with Crippen LogP contribution in [0, 0.1) is 5.82 Å². The predicted octanol–water partition coefficient (Wildman–Crippen LogP) is 1.32. The monoisotopic (exact) mass is 540 g/mol. The van der Waals surface area contributed by atoms with Gasteiger partial charge in [0.25, 0.3) is 5.91 Å². The van der Waals surface area contributed by atoms with Gasteiger partial charge in [-0.1, -0.05) is 12.1 Å². The van der Waals surface area contributed by atoms with Crippen molar-refractivity contribution in [1.29, 1.82) is 0 Å². The van der Waals surface area contributed by atoms with E-state index in [-0.39, 0.29) is 42.3 Å². The van der Waals surface area contributed by atoms with Crippen LogP contribution in [0.1, 0.15) is 21.7 Å². The number of anilines is 1. The molecule has 2 aromatic carbocycles. The van der Waals surface area contributed by atoms with Crippen molar-refractivity contribution in [3.05, 3.63) is 83.8 Å². The highest BCUT2D eigenvalue weighted by Crippen LogP contribution is 2.20. The zero-order chi connectivity index (χ0) is 27.1. The number of halogens is 1. The Morgan fingerprint density at radius 1 is 1.11 bits per heavy atom. The van der Waals surface area contributed by atoms with Gasteiger partial charge in [-0.05, 0) is 43.4 Å². The molecule has 198 valence electrons. The van der Waals surface area contributed by atoms with Crippen molar-refractivity contribution in [1.82, 2.24) is 34.8 Å². The molecule has 0 aliphatic rings. The number of carbonyl (C=O) groups is 1. The normalized spacial score (nSPS) is 11.3. The molecule has 0 unspecified atom stereocenters. The van der Waals surface area contributed by atoms with Crippen LogP contribution in [-0.4, -0.2) is 57.8 Å². The van der Waals surface area contributed by atoms with E-state index in [4.69, 9.17) is 0 Å². The Morgan fingerprint density at radius 3 is 2.66 bits per heavy atom. The number of nitrogens with zero attached hydrogens (tertiary/aromatic N) is 5. The molecule has 0 atom stereocenters. The second-order valence-electron chi connectivity index (χ2n) is 7.95. The molecule has 0 bridgehead atoms. The molecule has 1 amide bonds. The van der Waals surface area contributed by atoms with E-state index in [1.165, 1.54) is 25.5 Å². The van der Waals surface area contributed by atoms with Crippen molar-refractivity contribution in [2.45, 2.75) is 24.5 Å². The molecule has 12 nitrogen and oxygen atoms in total. The molecular formula is C24H25FN8O4S. The maximum absolute atomic E-state index is 14.4. The first-order valence-electron chi connectivity index (χ1n) is 11.5. The summed E-state index contributed by atoms with van der Waals surface area (Å²) < 4.78 is 42.8. The van der Waals surface area contributed by atoms with E-state index < -0.39 is 21.7 Å². The van der Waals surface area contributed by atoms with E-state index in [0.29, 0.717) is 23.0 Å². The standard InChI is InChI=1S/C24H25FN8O4S/c1-26-38(36,37)21-7-3-6-19(25)18(21)13-29-24(35)16-4-2-5-17(12-16)28-14-22-31-32-23(33(22)10-11-34)20-8-9-27-15-30-20/h2-9,12,15,26,28,34H,10-11,13-14H2,1H3,(H,29,35). The van der Waals surface area contributed by atoms with E-state index in [0.717, 1.165) is 6.07 Å². The van der Waals surface area contributed by atoms with Crippen molar-refractivity contribution < 1.29 is 22.7 Å². The average molecular weight is 541 g/mol. The smallest absolute Gasteiger partial charge is 0.251 e. The first-order valence-corrected chi connectivity index (χ1v) is 12.9. The average Bonchev–Trinajstić information content (AvgIpc) is 3.34. The van der Waals surface area contributed by atoms with Crippen molar-refractivity contribution in [3.8, 4) is 11.5 Å². The molecule has 0 fully saturated rings. The number of aliphatic hydroxyl groups is 1. The van der Waals surface area contributed by atoms with Crippen molar-refractivity contribution in [2.75, 3.05) is 19.0 Å². The third-order valence-corrected chi connectivity index (χ3v) is 7.10. The second-order valence-corrected chi connectivity index (χ2v) is 9.81. The number of carbonyl (C=O) groups excluding carboxylic acids is 1. The Morgan fingerprint density at radius 2 is 1.92 bits per heavy atom. The third kappa shape index (κ3) is 5.99. The Hall–Kier alpha value is -4.27. The zero-order valence-corrected chi connectivity index (χ0v) is 21.1. The van der Waals surface area contributed by atoms with Crippen LogP contribution in [0.5, 0.6) is 0 Å². The molecule has 0 aliphatic heterocycles. The van der Waals surface area contributed by atoms with Gasteiger partial charge in [0.05, 0.1) is 18.0 Å². The van der Waals surface area contributed by atoms with Gasteiger partial charge in [-0.2, -0.15) is 0 Å². The van der Waals surface area contributed by atoms with Gasteiger partial charge in [-0.3, -0.25) is 4.79 Å². The first-order chi connectivity index (χ1) is 18.3. The fourth-order valence-corrected chi connectivity index (χ4v) is 4.68. The Balaban J connectivity index is 1.46. The zero-order valence-electron chi connectivity index (χ0n) is 20.3. The summed E-state index contributed by atoms with van der Waals surface area (Å²) in [5, 5.41) is 23.6. The van der Waals surface area contributed by atoms with E-state index >= 15 is 0 Å². The quantitative estimate of drug-likeness (QED) is 0.220. The predicted molar refractivity (Wildman–Crippen MR) is 136 cm³/mol. The van der Waals surface area contributed by atoms with E-state index in [1.807, 2.05) is 0 Å². The molecule has 14 heteroatoms. The van der Waals surface area contributed by atoms with Gasteiger partial charge in [0.2, 0.25) is 10.0 Å². The molecule has 4 aromatic rings. The molecule has 0 radical (unpaired) electrons. The van der Waals surface area contributed by atoms with E-state index in [1.54, 1.807) is 41.1 Å². The lowest BCUT2D eigenvalue weighted by atomic mass is 10.1. The summed E-state index contributed by atoms with van der Waals surface area (Å²) in [4.78, 5) is 20.6. The van der Waals surface area contributed by atoms with Crippen LogP contribution in [0.25, 0.3) is 11.5 Å². The van der Waals surface area contributed by atoms with Crippen LogP contribution in [0.3, 0.4) is 0 Å². The lowest BCUT2D eigenvalue weighted by molar-refractivity contribution is 0.0950. The number of aliphatic hydroxyl groups excluding tert-OH is 1. The summed E-state index contributed by atoms with van der Waals surface area (Å²) in [7, 11) is -2.69. The van der Waals surface area contributed by atoms with Crippen molar-refractivity contribution in [2.24, 2.45) is 0 Å². The van der Waals surface area contributed by atoms with Gasteiger partial charge < -0.3 is 20.3 Å². The molecule has 0 saturated heterocycles. The topological polar surface area (TPSA) is 164 Å². The van der Waals surface area contributed by atoms with Crippen LogP contribution < -0.4 is 15.4 Å². The fourth-order valence-electron chi connectivity index (χ4n) is 3.71. The molecule has 4 N–H and O–H groups in total. The van der Waals surface area contributed by atoms with E-state index in [9.17, 15) is 22.7 Å². The van der Waals surface area contributed by atoms with Gasteiger partial charge in [-0.15, -0.1) is 10.2 Å². The summed E-state index contributed by atoms with van der Waals surface area (Å²) in [5.41, 5.74) is 1.30. The minimum Gasteiger partial charge on any atom is -0.395 e. The summed E-state index contributed by atoms with van der Waals surface area (Å²) >= 11 is 0. The largest absolute Gasteiger partial charge is 0.395 e. The maximum atomic E-state index is 14.4. The molecule has 2 heterocycles. The molecule has 0 spiro atoms. The number of sulfonamides is 1. The number of nitrogens with one attached hydrogen (secondary N) is 3. The summed E-state index contributed by atoms with van der Waals surface area (Å²) in [5.74, 6) is -0.232. The molecule has 0 aliphatic carbocycles. The molecule has 4 rings (SSSR count). The summed E-state index contributed by atoms with van der Waals surface area (Å²) in [6.45, 7) is 0.0460. The van der Waals surface area contributed by atoms with Gasteiger partial charge in [0.15, 0.2) is 11.6 Å².